The number of phosphoric ester groups is 1. The summed E-state index contributed by atoms with van der Waals surface area (Å²) in [6, 6.07) is 3.63. The molecule has 0 saturated heterocycles. The molecule has 0 fully saturated rings. The van der Waals surface area contributed by atoms with E-state index in [9.17, 15) is 31.0 Å². The van der Waals surface area contributed by atoms with E-state index in [0.29, 0.717) is 0 Å². The van der Waals surface area contributed by atoms with Gasteiger partial charge in [-0.15, -0.1) is 0 Å². The SMILES string of the molecule is CCOP(=O)(O)Oc1ccc(S(=O)(=O)CC(F)(F)F)cc1. The number of benzene rings is 1. The fourth-order valence-corrected chi connectivity index (χ4v) is 3.24. The van der Waals surface area contributed by atoms with Gasteiger partial charge in [0, 0.05) is 0 Å². The minimum atomic E-state index is -4.86. The van der Waals surface area contributed by atoms with E-state index in [2.05, 4.69) is 9.05 Å². The zero-order valence-corrected chi connectivity index (χ0v) is 12.4. The molecule has 1 unspecified atom stereocenters. The van der Waals surface area contributed by atoms with Crippen molar-refractivity contribution in [2.24, 2.45) is 0 Å². The van der Waals surface area contributed by atoms with Gasteiger partial charge in [0.05, 0.1) is 11.5 Å². The van der Waals surface area contributed by atoms with Crippen LogP contribution in [0.25, 0.3) is 0 Å². The van der Waals surface area contributed by atoms with E-state index in [1.807, 2.05) is 0 Å². The molecule has 0 heterocycles. The van der Waals surface area contributed by atoms with Crippen molar-refractivity contribution in [3.05, 3.63) is 24.3 Å². The van der Waals surface area contributed by atoms with E-state index in [0.717, 1.165) is 24.3 Å². The molecular weight excluding hydrogens is 336 g/mol. The maximum atomic E-state index is 12.1. The molecule has 0 radical (unpaired) electrons. The Kier molecular flexibility index (Phi) is 5.43. The van der Waals surface area contributed by atoms with Crippen molar-refractivity contribution in [1.29, 1.82) is 0 Å². The maximum Gasteiger partial charge on any atom is 0.527 e. The topological polar surface area (TPSA) is 89.9 Å². The average Bonchev–Trinajstić information content (AvgIpc) is 2.25. The second-order valence-electron chi connectivity index (χ2n) is 3.82. The predicted octanol–water partition coefficient (Wildman–Crippen LogP) is 2.54. The van der Waals surface area contributed by atoms with Crippen LogP contribution in [0.15, 0.2) is 29.2 Å². The van der Waals surface area contributed by atoms with Crippen LogP contribution >= 0.6 is 7.82 Å². The minimum Gasteiger partial charge on any atom is -0.404 e. The summed E-state index contributed by atoms with van der Waals surface area (Å²) in [6.45, 7) is 1.37. The van der Waals surface area contributed by atoms with Crippen molar-refractivity contribution in [1.82, 2.24) is 0 Å². The van der Waals surface area contributed by atoms with E-state index in [-0.39, 0.29) is 12.4 Å². The summed E-state index contributed by atoms with van der Waals surface area (Å²) >= 11 is 0. The molecule has 0 spiro atoms. The first-order valence-electron chi connectivity index (χ1n) is 5.52. The van der Waals surface area contributed by atoms with Crippen molar-refractivity contribution >= 4 is 17.7 Å². The van der Waals surface area contributed by atoms with Gasteiger partial charge in [0.25, 0.3) is 0 Å². The minimum absolute atomic E-state index is 0.0914. The molecule has 1 atom stereocenters. The van der Waals surface area contributed by atoms with Crippen molar-refractivity contribution in [3.8, 4) is 5.75 Å². The summed E-state index contributed by atoms with van der Waals surface area (Å²) in [5, 5.41) is 0. The molecule has 1 aromatic carbocycles. The molecule has 1 N–H and O–H groups in total. The van der Waals surface area contributed by atoms with Crippen molar-refractivity contribution in [2.75, 3.05) is 12.4 Å². The van der Waals surface area contributed by atoms with Crippen molar-refractivity contribution < 1.29 is 40.1 Å². The largest absolute Gasteiger partial charge is 0.527 e. The second kappa shape index (κ2) is 6.35. The van der Waals surface area contributed by atoms with Gasteiger partial charge in [0.15, 0.2) is 15.6 Å². The standard InChI is InChI=1S/C10H12F3O6PS/c1-2-18-20(14,15)19-8-3-5-9(6-4-8)21(16,17)7-10(11,12)13/h3-6H,2,7H2,1H3,(H,14,15). The van der Waals surface area contributed by atoms with E-state index < -0.39 is 34.5 Å². The lowest BCUT2D eigenvalue weighted by atomic mass is 10.3. The third-order valence-electron chi connectivity index (χ3n) is 2.05. The van der Waals surface area contributed by atoms with Gasteiger partial charge in [-0.05, 0) is 31.2 Å². The number of rotatable bonds is 6. The van der Waals surface area contributed by atoms with Gasteiger partial charge in [0.2, 0.25) is 0 Å². The van der Waals surface area contributed by atoms with E-state index in [1.54, 1.807) is 0 Å². The summed E-state index contributed by atoms with van der Waals surface area (Å²) < 4.78 is 79.6. The average molecular weight is 348 g/mol. The summed E-state index contributed by atoms with van der Waals surface area (Å²) in [4.78, 5) is 8.62. The molecule has 1 aromatic rings. The second-order valence-corrected chi connectivity index (χ2v) is 7.19. The lowest BCUT2D eigenvalue weighted by Gasteiger charge is -2.12. The fourth-order valence-electron chi connectivity index (χ4n) is 1.33. The Morgan fingerprint density at radius 2 is 1.76 bits per heavy atom. The molecule has 0 aliphatic rings. The highest BCUT2D eigenvalue weighted by atomic mass is 32.2. The summed E-state index contributed by atoms with van der Waals surface area (Å²) in [5.74, 6) is -2.20. The molecule has 0 saturated carbocycles. The number of hydrogen-bond donors (Lipinski definition) is 1. The molecule has 6 nitrogen and oxygen atoms in total. The van der Waals surface area contributed by atoms with Crippen LogP contribution < -0.4 is 4.52 Å². The third-order valence-corrected chi connectivity index (χ3v) is 4.77. The van der Waals surface area contributed by atoms with Crippen molar-refractivity contribution in [2.45, 2.75) is 18.0 Å². The zero-order chi connectivity index (χ0) is 16.3. The maximum absolute atomic E-state index is 12.1. The van der Waals surface area contributed by atoms with Crippen LogP contribution in [0.5, 0.6) is 5.75 Å². The predicted molar refractivity (Wildman–Crippen MR) is 66.6 cm³/mol. The zero-order valence-electron chi connectivity index (χ0n) is 10.7. The Morgan fingerprint density at radius 1 is 1.24 bits per heavy atom. The summed E-state index contributed by atoms with van der Waals surface area (Å²) in [6.07, 6.45) is -4.86. The Labute approximate surface area is 119 Å². The van der Waals surface area contributed by atoms with E-state index in [4.69, 9.17) is 0 Å². The molecule has 11 heteroatoms. The van der Waals surface area contributed by atoms with E-state index in [1.165, 1.54) is 6.92 Å². The molecule has 0 aliphatic heterocycles. The van der Waals surface area contributed by atoms with E-state index >= 15 is 0 Å². The third kappa shape index (κ3) is 6.04. The Morgan fingerprint density at radius 3 is 2.19 bits per heavy atom. The van der Waals surface area contributed by atoms with Gasteiger partial charge >= 0.3 is 14.0 Å². The first-order valence-corrected chi connectivity index (χ1v) is 8.66. The molecule has 120 valence electrons. The molecule has 1 rings (SSSR count). The molecule has 21 heavy (non-hydrogen) atoms. The number of alkyl halides is 3. The highest BCUT2D eigenvalue weighted by Crippen LogP contribution is 2.43. The van der Waals surface area contributed by atoms with Crippen LogP contribution in [-0.2, 0) is 18.9 Å². The lowest BCUT2D eigenvalue weighted by molar-refractivity contribution is -0.106. The van der Waals surface area contributed by atoms with Crippen LogP contribution in [0.4, 0.5) is 13.2 Å². The highest BCUT2D eigenvalue weighted by molar-refractivity contribution is 7.91. The smallest absolute Gasteiger partial charge is 0.404 e. The summed E-state index contributed by atoms with van der Waals surface area (Å²) in [7, 11) is -8.87. The van der Waals surface area contributed by atoms with Gasteiger partial charge < -0.3 is 4.52 Å². The molecule has 0 amide bonds. The molecular formula is C10H12F3O6PS. The van der Waals surface area contributed by atoms with Crippen LogP contribution in [0, 0.1) is 0 Å². The summed E-state index contributed by atoms with van der Waals surface area (Å²) in [5.41, 5.74) is 0. The van der Waals surface area contributed by atoms with Gasteiger partial charge in [-0.25, -0.2) is 13.0 Å². The van der Waals surface area contributed by atoms with Crippen LogP contribution in [0.1, 0.15) is 6.92 Å². The fraction of sp³-hybridized carbons (Fsp3) is 0.400. The molecule has 0 bridgehead atoms. The van der Waals surface area contributed by atoms with Gasteiger partial charge in [-0.2, -0.15) is 13.2 Å². The Balaban J connectivity index is 2.91. The number of phosphoric acid groups is 1. The number of sulfone groups is 1. The van der Waals surface area contributed by atoms with Crippen LogP contribution in [0.2, 0.25) is 0 Å². The molecule has 0 aliphatic carbocycles. The quantitative estimate of drug-likeness (QED) is 0.795. The van der Waals surface area contributed by atoms with Gasteiger partial charge in [0.1, 0.15) is 5.75 Å². The Hall–Kier alpha value is -1.09. The van der Waals surface area contributed by atoms with Crippen molar-refractivity contribution in [3.63, 3.8) is 0 Å². The number of hydrogen-bond acceptors (Lipinski definition) is 5. The monoisotopic (exact) mass is 348 g/mol. The lowest BCUT2D eigenvalue weighted by Crippen LogP contribution is -2.22. The number of halogens is 3. The van der Waals surface area contributed by atoms with Gasteiger partial charge in [-0.1, -0.05) is 0 Å². The van der Waals surface area contributed by atoms with Crippen LogP contribution in [0.3, 0.4) is 0 Å². The van der Waals surface area contributed by atoms with Crippen LogP contribution in [-0.4, -0.2) is 31.8 Å². The first-order chi connectivity index (χ1) is 9.45. The molecule has 0 aromatic heterocycles. The Bertz CT molecular complexity index is 625. The highest BCUT2D eigenvalue weighted by Gasteiger charge is 2.36. The van der Waals surface area contributed by atoms with Gasteiger partial charge in [-0.3, -0.25) is 9.42 Å². The normalized spacial score (nSPS) is 15.5. The first kappa shape index (κ1) is 18.0.